The number of benzene rings is 1. The molecule has 1 aromatic carbocycles. The lowest BCUT2D eigenvalue weighted by atomic mass is 10.1. The maximum Gasteiger partial charge on any atom is 0.411 e. The van der Waals surface area contributed by atoms with E-state index in [9.17, 15) is 14.7 Å². The molecule has 2 atom stereocenters. The molecule has 0 saturated carbocycles. The molecule has 1 saturated heterocycles. The highest BCUT2D eigenvalue weighted by atomic mass is 16.6. The highest BCUT2D eigenvalue weighted by molar-refractivity contribution is 5.89. The molecule has 1 aliphatic rings. The summed E-state index contributed by atoms with van der Waals surface area (Å²) in [5.74, 6) is -0.625. The van der Waals surface area contributed by atoms with Crippen LogP contribution in [-0.2, 0) is 9.53 Å². The first-order valence-corrected chi connectivity index (χ1v) is 8.89. The summed E-state index contributed by atoms with van der Waals surface area (Å²) < 4.78 is 11.4. The van der Waals surface area contributed by atoms with Gasteiger partial charge in [0.05, 0.1) is 6.54 Å². The Bertz CT molecular complexity index is 869. The first-order chi connectivity index (χ1) is 12.7. The van der Waals surface area contributed by atoms with Crippen LogP contribution in [0.15, 0.2) is 30.5 Å². The molecule has 0 spiro atoms. The number of aromatic nitrogens is 1. The summed E-state index contributed by atoms with van der Waals surface area (Å²) in [5.41, 5.74) is 0.320. The van der Waals surface area contributed by atoms with E-state index in [0.29, 0.717) is 5.88 Å². The molecular formula is C20H24N2O5. The van der Waals surface area contributed by atoms with Crippen molar-refractivity contribution >= 4 is 22.8 Å². The number of carbonyl (C=O) groups is 2. The van der Waals surface area contributed by atoms with Crippen LogP contribution >= 0.6 is 0 Å². The lowest BCUT2D eigenvalue weighted by Gasteiger charge is -2.26. The first-order valence-electron chi connectivity index (χ1n) is 8.89. The fraction of sp³-hybridized carbons (Fsp3) is 0.450. The van der Waals surface area contributed by atoms with Crippen molar-refractivity contribution in [2.24, 2.45) is 0 Å². The zero-order valence-electron chi connectivity index (χ0n) is 15.9. The Morgan fingerprint density at radius 1 is 1.26 bits per heavy atom. The monoisotopic (exact) mass is 372 g/mol. The van der Waals surface area contributed by atoms with Crippen molar-refractivity contribution in [3.05, 3.63) is 36.0 Å². The topological polar surface area (TPSA) is 89.0 Å². The van der Waals surface area contributed by atoms with Gasteiger partial charge in [-0.15, -0.1) is 0 Å². The Morgan fingerprint density at radius 2 is 2.00 bits per heavy atom. The van der Waals surface area contributed by atoms with E-state index in [-0.39, 0.29) is 13.0 Å². The molecule has 1 amide bonds. The highest BCUT2D eigenvalue weighted by Gasteiger charge is 2.43. The zero-order valence-corrected chi connectivity index (χ0v) is 15.9. The minimum atomic E-state index is -1.07. The minimum Gasteiger partial charge on any atom is -0.480 e. The number of fused-ring (bicyclic) bond motifs is 1. The van der Waals surface area contributed by atoms with Crippen LogP contribution in [0.25, 0.3) is 10.8 Å². The van der Waals surface area contributed by atoms with Crippen LogP contribution < -0.4 is 4.74 Å². The Hall–Kier alpha value is -2.83. The predicted octanol–water partition coefficient (Wildman–Crippen LogP) is 3.38. The average molecular weight is 372 g/mol. The number of carboxylic acids is 1. The van der Waals surface area contributed by atoms with E-state index in [1.807, 2.05) is 31.2 Å². The van der Waals surface area contributed by atoms with E-state index in [4.69, 9.17) is 9.47 Å². The molecule has 7 heteroatoms. The molecule has 0 bridgehead atoms. The molecule has 2 heterocycles. The largest absolute Gasteiger partial charge is 0.480 e. The van der Waals surface area contributed by atoms with Gasteiger partial charge >= 0.3 is 12.1 Å². The van der Waals surface area contributed by atoms with Crippen LogP contribution in [0.5, 0.6) is 5.88 Å². The molecule has 2 aromatic rings. The van der Waals surface area contributed by atoms with Gasteiger partial charge < -0.3 is 14.6 Å². The summed E-state index contributed by atoms with van der Waals surface area (Å²) in [6.07, 6.45) is 0.713. The predicted molar refractivity (Wildman–Crippen MR) is 99.9 cm³/mol. The highest BCUT2D eigenvalue weighted by Crippen LogP contribution is 2.30. The number of ether oxygens (including phenoxy) is 2. The van der Waals surface area contributed by atoms with Crippen molar-refractivity contribution in [2.45, 2.75) is 51.9 Å². The van der Waals surface area contributed by atoms with Crippen LogP contribution in [0.3, 0.4) is 0 Å². The fourth-order valence-electron chi connectivity index (χ4n) is 3.26. The third kappa shape index (κ3) is 4.13. The molecule has 2 unspecified atom stereocenters. The maximum atomic E-state index is 12.4. The Morgan fingerprint density at radius 3 is 2.67 bits per heavy atom. The quantitative estimate of drug-likeness (QED) is 0.888. The lowest BCUT2D eigenvalue weighted by molar-refractivity contribution is -0.142. The van der Waals surface area contributed by atoms with Gasteiger partial charge in [0.2, 0.25) is 5.88 Å². The maximum absolute atomic E-state index is 12.4. The Kier molecular flexibility index (Phi) is 4.95. The number of aryl methyl sites for hydroxylation is 1. The number of likely N-dealkylation sites (tertiary alicyclic amines) is 1. The van der Waals surface area contributed by atoms with Gasteiger partial charge in [-0.1, -0.05) is 18.2 Å². The number of rotatable bonds is 3. The SMILES string of the molecule is Cc1cccc2ccnc(OC3CC(C(=O)O)N(C(=O)OC(C)(C)C)C3)c12. The molecule has 0 radical (unpaired) electrons. The third-order valence-corrected chi connectivity index (χ3v) is 4.42. The van der Waals surface area contributed by atoms with Gasteiger partial charge in [0, 0.05) is 18.0 Å². The van der Waals surface area contributed by atoms with Gasteiger partial charge in [-0.3, -0.25) is 4.90 Å². The lowest BCUT2D eigenvalue weighted by Crippen LogP contribution is -2.43. The van der Waals surface area contributed by atoms with Gasteiger partial charge in [-0.05, 0) is 44.7 Å². The van der Waals surface area contributed by atoms with Crippen LogP contribution in [-0.4, -0.2) is 51.3 Å². The minimum absolute atomic E-state index is 0.135. The van der Waals surface area contributed by atoms with E-state index >= 15 is 0 Å². The Balaban J connectivity index is 1.83. The molecule has 1 fully saturated rings. The van der Waals surface area contributed by atoms with Gasteiger partial charge in [0.15, 0.2) is 0 Å². The number of hydrogen-bond donors (Lipinski definition) is 1. The number of hydrogen-bond acceptors (Lipinski definition) is 5. The number of pyridine rings is 1. The summed E-state index contributed by atoms with van der Waals surface area (Å²) >= 11 is 0. The number of carboxylic acid groups (broad SMARTS) is 1. The summed E-state index contributed by atoms with van der Waals surface area (Å²) in [7, 11) is 0. The van der Waals surface area contributed by atoms with Gasteiger partial charge in [-0.2, -0.15) is 0 Å². The number of aliphatic carboxylic acids is 1. The molecule has 3 rings (SSSR count). The summed E-state index contributed by atoms with van der Waals surface area (Å²) in [6.45, 7) is 7.34. The third-order valence-electron chi connectivity index (χ3n) is 4.42. The molecule has 0 aliphatic carbocycles. The Labute approximate surface area is 157 Å². The molecule has 7 nitrogen and oxygen atoms in total. The molecule has 1 aliphatic heterocycles. The van der Waals surface area contributed by atoms with Crippen LogP contribution in [0, 0.1) is 6.92 Å². The van der Waals surface area contributed by atoms with Crippen molar-refractivity contribution in [3.63, 3.8) is 0 Å². The fourth-order valence-corrected chi connectivity index (χ4v) is 3.26. The second-order valence-electron chi connectivity index (χ2n) is 7.75. The van der Waals surface area contributed by atoms with E-state index in [1.165, 1.54) is 4.90 Å². The van der Waals surface area contributed by atoms with Gasteiger partial charge in [-0.25, -0.2) is 14.6 Å². The molecule has 144 valence electrons. The number of amides is 1. The molecule has 1 N–H and O–H groups in total. The van der Waals surface area contributed by atoms with Crippen LogP contribution in [0.4, 0.5) is 4.79 Å². The van der Waals surface area contributed by atoms with Gasteiger partial charge in [0.1, 0.15) is 17.7 Å². The van der Waals surface area contributed by atoms with Crippen molar-refractivity contribution in [1.82, 2.24) is 9.88 Å². The first kappa shape index (κ1) is 18.9. The van der Waals surface area contributed by atoms with E-state index < -0.39 is 29.8 Å². The molecule has 27 heavy (non-hydrogen) atoms. The van der Waals surface area contributed by atoms with Crippen molar-refractivity contribution < 1.29 is 24.2 Å². The number of nitrogens with zero attached hydrogens (tertiary/aromatic N) is 2. The standard InChI is InChI=1S/C20H24N2O5/c1-12-6-5-7-13-8-9-21-17(16(12)13)26-14-10-15(18(23)24)22(11-14)19(25)27-20(2,3)4/h5-9,14-15H,10-11H2,1-4H3,(H,23,24). The average Bonchev–Trinajstić information content (AvgIpc) is 2.98. The van der Waals surface area contributed by atoms with Crippen molar-refractivity contribution in [2.75, 3.05) is 6.54 Å². The second-order valence-corrected chi connectivity index (χ2v) is 7.75. The van der Waals surface area contributed by atoms with Crippen molar-refractivity contribution in [1.29, 1.82) is 0 Å². The molecule has 1 aromatic heterocycles. The number of carbonyl (C=O) groups excluding carboxylic acids is 1. The van der Waals surface area contributed by atoms with Crippen molar-refractivity contribution in [3.8, 4) is 5.88 Å². The summed E-state index contributed by atoms with van der Waals surface area (Å²) in [5, 5.41) is 11.4. The van der Waals surface area contributed by atoms with E-state index in [1.54, 1.807) is 27.0 Å². The summed E-state index contributed by atoms with van der Waals surface area (Å²) in [4.78, 5) is 29.6. The zero-order chi connectivity index (χ0) is 19.8. The summed E-state index contributed by atoms with van der Waals surface area (Å²) in [6, 6.07) is 6.82. The van der Waals surface area contributed by atoms with E-state index in [0.717, 1.165) is 16.3 Å². The van der Waals surface area contributed by atoms with Crippen LogP contribution in [0.1, 0.15) is 32.8 Å². The van der Waals surface area contributed by atoms with Crippen LogP contribution in [0.2, 0.25) is 0 Å². The normalized spacial score (nSPS) is 19.9. The second kappa shape index (κ2) is 7.06. The smallest absolute Gasteiger partial charge is 0.411 e. The van der Waals surface area contributed by atoms with Gasteiger partial charge in [0.25, 0.3) is 0 Å². The van der Waals surface area contributed by atoms with E-state index in [2.05, 4.69) is 4.98 Å². The molecular weight excluding hydrogens is 348 g/mol.